The van der Waals surface area contributed by atoms with Crippen LogP contribution in [0, 0.1) is 0 Å². The first-order valence-corrected chi connectivity index (χ1v) is 7.65. The molecule has 0 bridgehead atoms. The number of carbonyl (C=O) groups is 2. The third-order valence-corrected chi connectivity index (χ3v) is 3.36. The summed E-state index contributed by atoms with van der Waals surface area (Å²) in [5.41, 5.74) is -2.15. The number of carbonyl (C=O) groups excluding carboxylic acids is 2. The molecule has 3 N–H and O–H groups in total. The van der Waals surface area contributed by atoms with E-state index < -0.39 is 23.0 Å². The number of anilines is 2. The number of nitrogens with zero attached hydrogens (tertiary/aromatic N) is 1. The van der Waals surface area contributed by atoms with Gasteiger partial charge in [0, 0.05) is 0 Å². The van der Waals surface area contributed by atoms with Gasteiger partial charge < -0.3 is 24.8 Å². The summed E-state index contributed by atoms with van der Waals surface area (Å²) in [6, 6.07) is -0.0546. The fourth-order valence-electron chi connectivity index (χ4n) is 2.21. The maximum absolute atomic E-state index is 12.4. The van der Waals surface area contributed by atoms with Crippen LogP contribution in [0.15, 0.2) is 16.6 Å². The van der Waals surface area contributed by atoms with Gasteiger partial charge in [-0.15, -0.1) is 0 Å². The van der Waals surface area contributed by atoms with Gasteiger partial charge in [0.05, 0.1) is 20.3 Å². The number of hydrogen-bond donors (Lipinski definition) is 3. The Morgan fingerprint density at radius 2 is 1.92 bits per heavy atom. The highest BCUT2D eigenvalue weighted by atomic mass is 16.5. The van der Waals surface area contributed by atoms with Crippen molar-refractivity contribution in [3.63, 3.8) is 0 Å². The average molecular weight is 352 g/mol. The van der Waals surface area contributed by atoms with Gasteiger partial charge in [-0.3, -0.25) is 9.78 Å². The minimum absolute atomic E-state index is 0.0212. The van der Waals surface area contributed by atoms with Crippen molar-refractivity contribution < 1.29 is 23.8 Å². The zero-order chi connectivity index (χ0) is 18.6. The molecule has 1 unspecified atom stereocenters. The van der Waals surface area contributed by atoms with Crippen LogP contribution in [-0.4, -0.2) is 47.8 Å². The average Bonchev–Trinajstić information content (AvgIpc) is 2.73. The molecule has 1 aliphatic heterocycles. The maximum Gasteiger partial charge on any atom is 0.354 e. The van der Waals surface area contributed by atoms with E-state index in [0.29, 0.717) is 0 Å². The van der Waals surface area contributed by atoms with E-state index in [1.807, 2.05) is 0 Å². The molecular weight excluding hydrogens is 332 g/mol. The molecule has 10 heteroatoms. The molecule has 0 saturated carbocycles. The van der Waals surface area contributed by atoms with E-state index >= 15 is 0 Å². The molecule has 0 aliphatic carbocycles. The molecule has 0 radical (unpaired) electrons. The van der Waals surface area contributed by atoms with Gasteiger partial charge >= 0.3 is 11.9 Å². The molecule has 25 heavy (non-hydrogen) atoms. The molecule has 1 aromatic rings. The topological polar surface area (TPSA) is 132 Å². The number of ether oxygens (including phenoxy) is 3. The Hall–Kier alpha value is -3.04. The zero-order valence-corrected chi connectivity index (χ0v) is 14.4. The van der Waals surface area contributed by atoms with Crippen LogP contribution in [0.25, 0.3) is 0 Å². The lowest BCUT2D eigenvalue weighted by Crippen LogP contribution is -2.44. The van der Waals surface area contributed by atoms with Crippen LogP contribution in [0.4, 0.5) is 11.5 Å². The normalized spacial score (nSPS) is 18.6. The van der Waals surface area contributed by atoms with Crippen LogP contribution in [0.1, 0.15) is 20.8 Å². The first kappa shape index (κ1) is 18.3. The Morgan fingerprint density at radius 3 is 2.52 bits per heavy atom. The molecule has 2 heterocycles. The number of methoxy groups -OCH3 is 1. The quantitative estimate of drug-likeness (QED) is 0.644. The fraction of sp³-hybridized carbons (Fsp3) is 0.467. The Labute approximate surface area is 143 Å². The zero-order valence-electron chi connectivity index (χ0n) is 14.4. The van der Waals surface area contributed by atoms with E-state index in [-0.39, 0.29) is 36.4 Å². The fourth-order valence-corrected chi connectivity index (χ4v) is 2.21. The monoisotopic (exact) mass is 352 g/mol. The Kier molecular flexibility index (Phi) is 5.30. The summed E-state index contributed by atoms with van der Waals surface area (Å²) in [7, 11) is 1.33. The SMILES string of the molecule is CCOC(=O)C1=CC(C)(C(=O)OCC)Nc2c(nc(OC)[nH]c2=O)N1. The molecule has 0 amide bonds. The van der Waals surface area contributed by atoms with Crippen LogP contribution in [0.2, 0.25) is 0 Å². The predicted molar refractivity (Wildman–Crippen MR) is 88.4 cm³/mol. The minimum atomic E-state index is -1.49. The van der Waals surface area contributed by atoms with Crippen molar-refractivity contribution >= 4 is 23.4 Å². The number of aromatic amines is 1. The highest BCUT2D eigenvalue weighted by Crippen LogP contribution is 2.28. The molecule has 0 aromatic carbocycles. The van der Waals surface area contributed by atoms with Crippen LogP contribution in [0.3, 0.4) is 0 Å². The number of rotatable bonds is 5. The Balaban J connectivity index is 2.59. The van der Waals surface area contributed by atoms with Crippen molar-refractivity contribution in [1.82, 2.24) is 9.97 Å². The van der Waals surface area contributed by atoms with Crippen LogP contribution in [0.5, 0.6) is 6.01 Å². The van der Waals surface area contributed by atoms with Crippen molar-refractivity contribution in [2.24, 2.45) is 0 Å². The number of aromatic nitrogens is 2. The van der Waals surface area contributed by atoms with Crippen molar-refractivity contribution in [3.05, 3.63) is 22.1 Å². The summed E-state index contributed by atoms with van der Waals surface area (Å²) >= 11 is 0. The lowest BCUT2D eigenvalue weighted by atomic mass is 10.0. The molecule has 0 spiro atoms. The highest BCUT2D eigenvalue weighted by molar-refractivity contribution is 5.98. The molecule has 1 aliphatic rings. The van der Waals surface area contributed by atoms with E-state index in [1.54, 1.807) is 13.8 Å². The number of fused-ring (bicyclic) bond motifs is 1. The van der Waals surface area contributed by atoms with Gasteiger partial charge in [0.2, 0.25) is 0 Å². The van der Waals surface area contributed by atoms with Crippen LogP contribution < -0.4 is 20.9 Å². The second-order valence-corrected chi connectivity index (χ2v) is 5.25. The van der Waals surface area contributed by atoms with Crippen molar-refractivity contribution in [2.45, 2.75) is 26.3 Å². The van der Waals surface area contributed by atoms with Gasteiger partial charge in [-0.2, -0.15) is 4.98 Å². The predicted octanol–water partition coefficient (Wildman–Crippen LogP) is 0.385. The maximum atomic E-state index is 12.4. The van der Waals surface area contributed by atoms with Crippen molar-refractivity contribution in [1.29, 1.82) is 0 Å². The number of esters is 2. The third kappa shape index (κ3) is 3.73. The molecule has 1 aromatic heterocycles. The summed E-state index contributed by atoms with van der Waals surface area (Å²) < 4.78 is 14.9. The van der Waals surface area contributed by atoms with E-state index in [9.17, 15) is 14.4 Å². The standard InChI is InChI=1S/C15H20N4O6/c1-5-24-12(21)8-7-15(3,13(22)25-6-2)19-9-10(16-8)17-14(23-4)18-11(9)20/h7,19H,5-6H2,1-4H3,(H2,16,17,18,20). The molecule has 10 nitrogen and oxygen atoms in total. The van der Waals surface area contributed by atoms with E-state index in [2.05, 4.69) is 20.6 Å². The summed E-state index contributed by atoms with van der Waals surface area (Å²) in [5, 5.41) is 5.50. The lowest BCUT2D eigenvalue weighted by Gasteiger charge is -2.24. The molecule has 136 valence electrons. The lowest BCUT2D eigenvalue weighted by molar-refractivity contribution is -0.146. The number of H-pyrrole nitrogens is 1. The van der Waals surface area contributed by atoms with Gasteiger partial charge in [0.15, 0.2) is 11.4 Å². The summed E-state index contributed by atoms with van der Waals surface area (Å²) in [6.45, 7) is 5.05. The summed E-state index contributed by atoms with van der Waals surface area (Å²) in [4.78, 5) is 43.3. The van der Waals surface area contributed by atoms with E-state index in [0.717, 1.165) is 0 Å². The van der Waals surface area contributed by atoms with Crippen LogP contribution in [-0.2, 0) is 19.1 Å². The van der Waals surface area contributed by atoms with Gasteiger partial charge in [-0.05, 0) is 26.8 Å². The smallest absolute Gasteiger partial charge is 0.354 e. The van der Waals surface area contributed by atoms with Gasteiger partial charge in [-0.25, -0.2) is 9.59 Å². The summed E-state index contributed by atoms with van der Waals surface area (Å²) in [6.07, 6.45) is 1.30. The number of hydrogen-bond acceptors (Lipinski definition) is 9. The van der Waals surface area contributed by atoms with Gasteiger partial charge in [0.1, 0.15) is 11.4 Å². The molecule has 2 rings (SSSR count). The largest absolute Gasteiger partial charge is 0.468 e. The Morgan fingerprint density at radius 1 is 1.24 bits per heavy atom. The summed E-state index contributed by atoms with van der Waals surface area (Å²) in [5.74, 6) is -1.34. The highest BCUT2D eigenvalue weighted by Gasteiger charge is 2.38. The molecular formula is C15H20N4O6. The molecule has 0 fully saturated rings. The molecule has 1 atom stereocenters. The van der Waals surface area contributed by atoms with Gasteiger partial charge in [0.25, 0.3) is 11.6 Å². The second kappa shape index (κ2) is 7.24. The van der Waals surface area contributed by atoms with Crippen LogP contribution >= 0.6 is 0 Å². The third-order valence-electron chi connectivity index (χ3n) is 3.36. The number of nitrogens with one attached hydrogen (secondary N) is 3. The molecule has 0 saturated heterocycles. The first-order chi connectivity index (χ1) is 11.8. The van der Waals surface area contributed by atoms with Crippen molar-refractivity contribution in [3.8, 4) is 6.01 Å². The first-order valence-electron chi connectivity index (χ1n) is 7.65. The minimum Gasteiger partial charge on any atom is -0.468 e. The second-order valence-electron chi connectivity index (χ2n) is 5.25. The van der Waals surface area contributed by atoms with E-state index in [1.165, 1.54) is 20.1 Å². The Bertz CT molecular complexity index is 772. The van der Waals surface area contributed by atoms with Crippen molar-refractivity contribution in [2.75, 3.05) is 31.0 Å². The van der Waals surface area contributed by atoms with Gasteiger partial charge in [-0.1, -0.05) is 0 Å². The van der Waals surface area contributed by atoms with E-state index in [4.69, 9.17) is 14.2 Å².